The van der Waals surface area contributed by atoms with Gasteiger partial charge in [-0.15, -0.1) is 0 Å². The van der Waals surface area contributed by atoms with Crippen molar-refractivity contribution in [3.05, 3.63) is 0 Å². The standard InChI is InChI=1S/C13H28O4S/c1-3-5-6-7-9-12(14)10-11-13(8-4-2)18(15,16)17/h12-14H,3-11H2,1-2H3,(H,15,16,17). The van der Waals surface area contributed by atoms with Crippen molar-refractivity contribution in [1.29, 1.82) is 0 Å². The van der Waals surface area contributed by atoms with Gasteiger partial charge in [0.05, 0.1) is 11.4 Å². The molecule has 0 rings (SSSR count). The fraction of sp³-hybridized carbons (Fsp3) is 1.00. The summed E-state index contributed by atoms with van der Waals surface area (Å²) in [5, 5.41) is 9.04. The Morgan fingerprint density at radius 3 is 2.06 bits per heavy atom. The normalized spacial score (nSPS) is 15.6. The molecule has 0 radical (unpaired) electrons. The highest BCUT2D eigenvalue weighted by Gasteiger charge is 2.22. The van der Waals surface area contributed by atoms with Gasteiger partial charge in [-0.2, -0.15) is 8.42 Å². The van der Waals surface area contributed by atoms with Gasteiger partial charge in [-0.05, 0) is 25.7 Å². The number of aliphatic hydroxyl groups excluding tert-OH is 1. The third kappa shape index (κ3) is 8.89. The fourth-order valence-corrected chi connectivity index (χ4v) is 3.06. The minimum atomic E-state index is -3.96. The van der Waals surface area contributed by atoms with E-state index in [0.717, 1.165) is 32.1 Å². The third-order valence-corrected chi connectivity index (χ3v) is 4.56. The van der Waals surface area contributed by atoms with Gasteiger partial charge in [0.25, 0.3) is 10.1 Å². The van der Waals surface area contributed by atoms with E-state index in [1.807, 2.05) is 6.92 Å². The first-order valence-electron chi connectivity index (χ1n) is 7.06. The summed E-state index contributed by atoms with van der Waals surface area (Å²) in [6, 6.07) is 0. The molecular weight excluding hydrogens is 252 g/mol. The van der Waals surface area contributed by atoms with Gasteiger partial charge in [0.15, 0.2) is 0 Å². The predicted molar refractivity (Wildman–Crippen MR) is 74.2 cm³/mol. The maximum absolute atomic E-state index is 11.1. The number of hydrogen-bond acceptors (Lipinski definition) is 3. The van der Waals surface area contributed by atoms with Crippen molar-refractivity contribution < 1.29 is 18.1 Å². The van der Waals surface area contributed by atoms with Crippen LogP contribution in [0.5, 0.6) is 0 Å². The quantitative estimate of drug-likeness (QED) is 0.450. The van der Waals surface area contributed by atoms with Gasteiger partial charge in [0, 0.05) is 0 Å². The van der Waals surface area contributed by atoms with Crippen LogP contribution in [-0.4, -0.2) is 29.4 Å². The maximum atomic E-state index is 11.1. The summed E-state index contributed by atoms with van der Waals surface area (Å²) >= 11 is 0. The Bertz CT molecular complexity index is 287. The van der Waals surface area contributed by atoms with Gasteiger partial charge in [-0.1, -0.05) is 46.0 Å². The number of hydrogen-bond donors (Lipinski definition) is 2. The van der Waals surface area contributed by atoms with Gasteiger partial charge in [-0.25, -0.2) is 0 Å². The summed E-state index contributed by atoms with van der Waals surface area (Å²) in [7, 11) is -3.96. The first-order chi connectivity index (χ1) is 8.41. The molecule has 0 bridgehead atoms. The van der Waals surface area contributed by atoms with Gasteiger partial charge in [0.1, 0.15) is 0 Å². The molecule has 2 N–H and O–H groups in total. The average molecular weight is 280 g/mol. The molecule has 0 aliphatic rings. The molecule has 2 atom stereocenters. The van der Waals surface area contributed by atoms with Crippen molar-refractivity contribution in [3.63, 3.8) is 0 Å². The SMILES string of the molecule is CCCCCCC(O)CCC(CCC)S(=O)(=O)O. The molecule has 0 aliphatic carbocycles. The third-order valence-electron chi connectivity index (χ3n) is 3.24. The lowest BCUT2D eigenvalue weighted by molar-refractivity contribution is 0.147. The Morgan fingerprint density at radius 2 is 1.56 bits per heavy atom. The summed E-state index contributed by atoms with van der Waals surface area (Å²) in [6.45, 7) is 4.03. The Labute approximate surface area is 112 Å². The Balaban J connectivity index is 3.89. The zero-order valence-electron chi connectivity index (χ0n) is 11.6. The van der Waals surface area contributed by atoms with E-state index in [1.165, 1.54) is 6.42 Å². The molecule has 0 amide bonds. The van der Waals surface area contributed by atoms with Crippen molar-refractivity contribution in [3.8, 4) is 0 Å². The minimum absolute atomic E-state index is 0.349. The molecule has 0 spiro atoms. The van der Waals surface area contributed by atoms with Gasteiger partial charge in [0.2, 0.25) is 0 Å². The van der Waals surface area contributed by atoms with Crippen molar-refractivity contribution in [2.45, 2.75) is 83.0 Å². The average Bonchev–Trinajstić information content (AvgIpc) is 2.28. The predicted octanol–water partition coefficient (Wildman–Crippen LogP) is 3.15. The molecule has 5 heteroatoms. The molecule has 0 aromatic heterocycles. The van der Waals surface area contributed by atoms with E-state index >= 15 is 0 Å². The molecule has 110 valence electrons. The molecular formula is C13H28O4S. The Kier molecular flexibility index (Phi) is 9.68. The van der Waals surface area contributed by atoms with Gasteiger partial charge in [-0.3, -0.25) is 4.55 Å². The van der Waals surface area contributed by atoms with Crippen molar-refractivity contribution in [1.82, 2.24) is 0 Å². The molecule has 4 nitrogen and oxygen atoms in total. The van der Waals surface area contributed by atoms with E-state index < -0.39 is 21.5 Å². The molecule has 0 aromatic carbocycles. The van der Waals surface area contributed by atoms with Gasteiger partial charge < -0.3 is 5.11 Å². The summed E-state index contributed by atoms with van der Waals surface area (Å²) in [5.41, 5.74) is 0. The summed E-state index contributed by atoms with van der Waals surface area (Å²) < 4.78 is 31.3. The van der Waals surface area contributed by atoms with Crippen molar-refractivity contribution in [2.24, 2.45) is 0 Å². The van der Waals surface area contributed by atoms with E-state index in [2.05, 4.69) is 6.92 Å². The van der Waals surface area contributed by atoms with Crippen LogP contribution in [0, 0.1) is 0 Å². The van der Waals surface area contributed by atoms with Crippen molar-refractivity contribution >= 4 is 10.1 Å². The molecule has 0 aromatic rings. The Morgan fingerprint density at radius 1 is 0.889 bits per heavy atom. The zero-order valence-corrected chi connectivity index (χ0v) is 12.5. The van der Waals surface area contributed by atoms with Crippen LogP contribution in [0.2, 0.25) is 0 Å². The monoisotopic (exact) mass is 280 g/mol. The molecule has 0 saturated heterocycles. The second-order valence-electron chi connectivity index (χ2n) is 5.01. The fourth-order valence-electron chi connectivity index (χ4n) is 2.09. The number of rotatable bonds is 11. The van der Waals surface area contributed by atoms with E-state index in [9.17, 15) is 13.5 Å². The molecule has 0 aliphatic heterocycles. The lowest BCUT2D eigenvalue weighted by atomic mass is 10.0. The largest absolute Gasteiger partial charge is 0.393 e. The van der Waals surface area contributed by atoms with E-state index in [4.69, 9.17) is 4.55 Å². The number of aliphatic hydroxyl groups is 1. The van der Waals surface area contributed by atoms with Crippen LogP contribution in [0.3, 0.4) is 0 Å². The second-order valence-corrected chi connectivity index (χ2v) is 6.70. The highest BCUT2D eigenvalue weighted by molar-refractivity contribution is 7.86. The molecule has 2 unspecified atom stereocenters. The number of unbranched alkanes of at least 4 members (excludes halogenated alkanes) is 3. The van der Waals surface area contributed by atoms with Crippen LogP contribution in [0.1, 0.15) is 71.6 Å². The second kappa shape index (κ2) is 9.75. The lowest BCUT2D eigenvalue weighted by Gasteiger charge is -2.15. The first-order valence-corrected chi connectivity index (χ1v) is 8.56. The molecule has 0 heterocycles. The summed E-state index contributed by atoms with van der Waals surface area (Å²) in [4.78, 5) is 0. The summed E-state index contributed by atoms with van der Waals surface area (Å²) in [6.07, 6.45) is 6.71. The van der Waals surface area contributed by atoms with E-state index in [0.29, 0.717) is 19.3 Å². The van der Waals surface area contributed by atoms with E-state index in [1.54, 1.807) is 0 Å². The smallest absolute Gasteiger partial charge is 0.267 e. The zero-order chi connectivity index (χ0) is 14.0. The highest BCUT2D eigenvalue weighted by Crippen LogP contribution is 2.17. The van der Waals surface area contributed by atoms with Crippen LogP contribution in [-0.2, 0) is 10.1 Å². The van der Waals surface area contributed by atoms with Crippen LogP contribution in [0.15, 0.2) is 0 Å². The van der Waals surface area contributed by atoms with Crippen LogP contribution in [0.25, 0.3) is 0 Å². The molecule has 0 fully saturated rings. The first kappa shape index (κ1) is 17.9. The maximum Gasteiger partial charge on any atom is 0.267 e. The van der Waals surface area contributed by atoms with Crippen LogP contribution < -0.4 is 0 Å². The summed E-state index contributed by atoms with van der Waals surface area (Å²) in [5.74, 6) is 0. The lowest BCUT2D eigenvalue weighted by Crippen LogP contribution is -2.22. The minimum Gasteiger partial charge on any atom is -0.393 e. The molecule has 0 saturated carbocycles. The molecule has 18 heavy (non-hydrogen) atoms. The topological polar surface area (TPSA) is 74.6 Å². The van der Waals surface area contributed by atoms with Crippen LogP contribution >= 0.6 is 0 Å². The highest BCUT2D eigenvalue weighted by atomic mass is 32.2. The van der Waals surface area contributed by atoms with Gasteiger partial charge >= 0.3 is 0 Å². The van der Waals surface area contributed by atoms with E-state index in [-0.39, 0.29) is 0 Å². The van der Waals surface area contributed by atoms with Crippen molar-refractivity contribution in [2.75, 3.05) is 0 Å². The Hall–Kier alpha value is -0.130. The van der Waals surface area contributed by atoms with Crippen LogP contribution in [0.4, 0.5) is 0 Å².